The molecule has 0 aliphatic rings. The summed E-state index contributed by atoms with van der Waals surface area (Å²) in [6.07, 6.45) is 1.16. The van der Waals surface area contributed by atoms with Crippen LogP contribution in [-0.4, -0.2) is 30.1 Å². The standard InChI is InChI=1S/C14H22N4O/c1-3-10(7-15-2)8-16-9-11-4-5-12-13(6-11)18-14(19)17-12/h4-6,10,15-16H,3,7-9H2,1-2H3,(H2,17,18,19). The van der Waals surface area contributed by atoms with E-state index in [1.807, 2.05) is 25.2 Å². The molecule has 2 rings (SSSR count). The molecule has 1 aromatic carbocycles. The second-order valence-electron chi connectivity index (χ2n) is 4.92. The van der Waals surface area contributed by atoms with E-state index in [9.17, 15) is 4.79 Å². The highest BCUT2D eigenvalue weighted by Gasteiger charge is 2.05. The van der Waals surface area contributed by atoms with Gasteiger partial charge in [0, 0.05) is 6.54 Å². The topological polar surface area (TPSA) is 72.7 Å². The Morgan fingerprint density at radius 1 is 1.21 bits per heavy atom. The third-order valence-corrected chi connectivity index (χ3v) is 3.41. The molecule has 1 heterocycles. The number of aromatic amines is 2. The molecule has 0 saturated carbocycles. The average Bonchev–Trinajstić information content (AvgIpc) is 2.77. The van der Waals surface area contributed by atoms with Crippen molar-refractivity contribution in [2.45, 2.75) is 19.9 Å². The lowest BCUT2D eigenvalue weighted by Crippen LogP contribution is -2.29. The number of aromatic nitrogens is 2. The Bertz CT molecular complexity index is 572. The number of rotatable bonds is 7. The quantitative estimate of drug-likeness (QED) is 0.605. The number of H-pyrrole nitrogens is 2. The van der Waals surface area contributed by atoms with E-state index in [1.54, 1.807) is 0 Å². The van der Waals surface area contributed by atoms with Gasteiger partial charge in [-0.1, -0.05) is 19.4 Å². The summed E-state index contributed by atoms with van der Waals surface area (Å²) >= 11 is 0. The molecule has 2 aromatic rings. The molecule has 1 atom stereocenters. The van der Waals surface area contributed by atoms with Gasteiger partial charge in [-0.25, -0.2) is 4.79 Å². The van der Waals surface area contributed by atoms with Crippen LogP contribution in [0.15, 0.2) is 23.0 Å². The number of hydrogen-bond acceptors (Lipinski definition) is 3. The van der Waals surface area contributed by atoms with Crippen LogP contribution in [0.3, 0.4) is 0 Å². The van der Waals surface area contributed by atoms with E-state index in [4.69, 9.17) is 0 Å². The zero-order chi connectivity index (χ0) is 13.7. The lowest BCUT2D eigenvalue weighted by atomic mass is 10.1. The summed E-state index contributed by atoms with van der Waals surface area (Å²) in [6, 6.07) is 5.99. The number of imidazole rings is 1. The molecule has 0 amide bonds. The molecule has 0 spiro atoms. The van der Waals surface area contributed by atoms with Gasteiger partial charge in [0.15, 0.2) is 0 Å². The van der Waals surface area contributed by atoms with Crippen molar-refractivity contribution in [1.29, 1.82) is 0 Å². The summed E-state index contributed by atoms with van der Waals surface area (Å²) in [5, 5.41) is 6.68. The minimum atomic E-state index is -0.153. The van der Waals surface area contributed by atoms with E-state index in [0.717, 1.165) is 37.1 Å². The minimum absolute atomic E-state index is 0.153. The van der Waals surface area contributed by atoms with E-state index in [2.05, 4.69) is 27.5 Å². The summed E-state index contributed by atoms with van der Waals surface area (Å²) in [4.78, 5) is 16.7. The summed E-state index contributed by atoms with van der Waals surface area (Å²) in [5.41, 5.74) is 2.75. The van der Waals surface area contributed by atoms with Gasteiger partial charge in [0.2, 0.25) is 0 Å². The number of fused-ring (bicyclic) bond motifs is 1. The van der Waals surface area contributed by atoms with Gasteiger partial charge < -0.3 is 20.6 Å². The third kappa shape index (κ3) is 3.68. The van der Waals surface area contributed by atoms with Gasteiger partial charge in [0.1, 0.15) is 0 Å². The summed E-state index contributed by atoms with van der Waals surface area (Å²) in [6.45, 7) is 5.07. The van der Waals surface area contributed by atoms with Gasteiger partial charge in [-0.05, 0) is 43.8 Å². The molecule has 0 aliphatic heterocycles. The van der Waals surface area contributed by atoms with Crippen molar-refractivity contribution >= 4 is 11.0 Å². The maximum absolute atomic E-state index is 11.2. The van der Waals surface area contributed by atoms with Gasteiger partial charge in [-0.2, -0.15) is 0 Å². The van der Waals surface area contributed by atoms with Crippen LogP contribution in [0.2, 0.25) is 0 Å². The van der Waals surface area contributed by atoms with Crippen molar-refractivity contribution in [3.8, 4) is 0 Å². The molecule has 1 unspecified atom stereocenters. The van der Waals surface area contributed by atoms with Crippen molar-refractivity contribution in [2.75, 3.05) is 20.1 Å². The van der Waals surface area contributed by atoms with E-state index in [-0.39, 0.29) is 5.69 Å². The Labute approximate surface area is 112 Å². The predicted molar refractivity (Wildman–Crippen MR) is 78.3 cm³/mol. The smallest absolute Gasteiger partial charge is 0.319 e. The Morgan fingerprint density at radius 3 is 2.74 bits per heavy atom. The Balaban J connectivity index is 1.92. The normalized spacial score (nSPS) is 12.9. The summed E-state index contributed by atoms with van der Waals surface area (Å²) in [5.74, 6) is 0.654. The Morgan fingerprint density at radius 2 is 2.00 bits per heavy atom. The van der Waals surface area contributed by atoms with E-state index in [1.165, 1.54) is 5.56 Å². The Kier molecular flexibility index (Phi) is 4.76. The molecular formula is C14H22N4O. The van der Waals surface area contributed by atoms with Gasteiger partial charge >= 0.3 is 5.69 Å². The lowest BCUT2D eigenvalue weighted by Gasteiger charge is -2.15. The predicted octanol–water partition coefficient (Wildman–Crippen LogP) is 1.19. The molecule has 5 heteroatoms. The van der Waals surface area contributed by atoms with Crippen molar-refractivity contribution in [3.63, 3.8) is 0 Å². The lowest BCUT2D eigenvalue weighted by molar-refractivity contribution is 0.445. The first-order valence-electron chi connectivity index (χ1n) is 6.79. The first-order chi connectivity index (χ1) is 9.22. The van der Waals surface area contributed by atoms with Crippen LogP contribution in [0.5, 0.6) is 0 Å². The number of hydrogen-bond donors (Lipinski definition) is 4. The monoisotopic (exact) mass is 262 g/mol. The van der Waals surface area contributed by atoms with Crippen LogP contribution >= 0.6 is 0 Å². The van der Waals surface area contributed by atoms with Gasteiger partial charge in [-0.3, -0.25) is 0 Å². The molecule has 0 radical (unpaired) electrons. The molecule has 1 aromatic heterocycles. The first kappa shape index (κ1) is 13.8. The van der Waals surface area contributed by atoms with Crippen LogP contribution in [0.1, 0.15) is 18.9 Å². The van der Waals surface area contributed by atoms with E-state index < -0.39 is 0 Å². The van der Waals surface area contributed by atoms with Crippen molar-refractivity contribution in [1.82, 2.24) is 20.6 Å². The molecule has 104 valence electrons. The molecule has 0 saturated heterocycles. The zero-order valence-corrected chi connectivity index (χ0v) is 11.5. The zero-order valence-electron chi connectivity index (χ0n) is 11.5. The molecule has 5 nitrogen and oxygen atoms in total. The highest BCUT2D eigenvalue weighted by Crippen LogP contribution is 2.10. The van der Waals surface area contributed by atoms with E-state index >= 15 is 0 Å². The average molecular weight is 262 g/mol. The SMILES string of the molecule is CCC(CNC)CNCc1ccc2[nH]c(=O)[nH]c2c1. The highest BCUT2D eigenvalue weighted by molar-refractivity contribution is 5.74. The number of nitrogens with one attached hydrogen (secondary N) is 4. The van der Waals surface area contributed by atoms with Crippen molar-refractivity contribution in [3.05, 3.63) is 34.2 Å². The first-order valence-corrected chi connectivity index (χ1v) is 6.79. The van der Waals surface area contributed by atoms with Gasteiger partial charge in [0.25, 0.3) is 0 Å². The fourth-order valence-electron chi connectivity index (χ4n) is 2.26. The Hall–Kier alpha value is -1.59. The van der Waals surface area contributed by atoms with Crippen molar-refractivity contribution in [2.24, 2.45) is 5.92 Å². The molecule has 0 bridgehead atoms. The minimum Gasteiger partial charge on any atom is -0.319 e. The molecular weight excluding hydrogens is 240 g/mol. The number of benzene rings is 1. The molecule has 4 N–H and O–H groups in total. The molecule has 19 heavy (non-hydrogen) atoms. The summed E-state index contributed by atoms with van der Waals surface area (Å²) < 4.78 is 0. The molecule has 0 aliphatic carbocycles. The van der Waals surface area contributed by atoms with Crippen LogP contribution in [-0.2, 0) is 6.54 Å². The maximum atomic E-state index is 11.2. The van der Waals surface area contributed by atoms with Gasteiger partial charge in [0.05, 0.1) is 11.0 Å². The van der Waals surface area contributed by atoms with Gasteiger partial charge in [-0.15, -0.1) is 0 Å². The van der Waals surface area contributed by atoms with Crippen LogP contribution in [0, 0.1) is 5.92 Å². The van der Waals surface area contributed by atoms with Crippen LogP contribution in [0.25, 0.3) is 11.0 Å². The fourth-order valence-corrected chi connectivity index (χ4v) is 2.26. The highest BCUT2D eigenvalue weighted by atomic mass is 16.1. The fraction of sp³-hybridized carbons (Fsp3) is 0.500. The van der Waals surface area contributed by atoms with E-state index in [0.29, 0.717) is 5.92 Å². The van der Waals surface area contributed by atoms with Crippen molar-refractivity contribution < 1.29 is 0 Å². The van der Waals surface area contributed by atoms with Crippen LogP contribution < -0.4 is 16.3 Å². The second kappa shape index (κ2) is 6.54. The maximum Gasteiger partial charge on any atom is 0.323 e. The summed E-state index contributed by atoms with van der Waals surface area (Å²) in [7, 11) is 1.98. The molecule has 0 fully saturated rings. The second-order valence-corrected chi connectivity index (χ2v) is 4.92. The van der Waals surface area contributed by atoms with Crippen LogP contribution in [0.4, 0.5) is 0 Å². The largest absolute Gasteiger partial charge is 0.323 e. The third-order valence-electron chi connectivity index (χ3n) is 3.41.